The van der Waals surface area contributed by atoms with Crippen LogP contribution in [0.25, 0.3) is 10.9 Å². The number of fused-ring (bicyclic) bond motifs is 1. The lowest BCUT2D eigenvalue weighted by molar-refractivity contribution is -0.139. The number of carbonyl (C=O) groups excluding carboxylic acids is 1. The predicted octanol–water partition coefficient (Wildman–Crippen LogP) is 5.04. The topological polar surface area (TPSA) is 57.8 Å². The van der Waals surface area contributed by atoms with Gasteiger partial charge in [0, 0.05) is 54.8 Å². The second-order valence-electron chi connectivity index (χ2n) is 10.1. The van der Waals surface area contributed by atoms with Crippen molar-refractivity contribution in [3.05, 3.63) is 64.8 Å². The minimum Gasteiger partial charge on any atom is -0.493 e. The molecular formula is C28H34ClN3O3. The van der Waals surface area contributed by atoms with Crippen LogP contribution in [0.15, 0.2) is 48.7 Å². The van der Waals surface area contributed by atoms with Gasteiger partial charge < -0.3 is 19.4 Å². The van der Waals surface area contributed by atoms with Gasteiger partial charge in [-0.25, -0.2) is 0 Å². The van der Waals surface area contributed by atoms with E-state index in [-0.39, 0.29) is 11.3 Å². The average Bonchev–Trinajstić information content (AvgIpc) is 3.33. The van der Waals surface area contributed by atoms with E-state index < -0.39 is 0 Å². The molecule has 0 aliphatic carbocycles. The van der Waals surface area contributed by atoms with E-state index in [1.807, 2.05) is 36.2 Å². The molecule has 6 nitrogen and oxygen atoms in total. The van der Waals surface area contributed by atoms with Crippen molar-refractivity contribution in [1.29, 1.82) is 0 Å². The Bertz CT molecular complexity index is 1170. The summed E-state index contributed by atoms with van der Waals surface area (Å²) >= 11 is 6.21. The number of aromatic amines is 1. The SMILES string of the molecule is Cc1cc(OC[C@@]2(CC(=O)N3CCOCC3)CCCN(Cc3ccc4[nH]ccc4c3)C2)ccc1Cl. The Kier molecular flexibility index (Phi) is 7.32. The summed E-state index contributed by atoms with van der Waals surface area (Å²) in [5, 5.41) is 1.97. The molecule has 2 saturated heterocycles. The first kappa shape index (κ1) is 24.2. The molecule has 1 atom stereocenters. The molecule has 2 aliphatic rings. The third-order valence-electron chi connectivity index (χ3n) is 7.33. The minimum atomic E-state index is -0.237. The average molecular weight is 496 g/mol. The van der Waals surface area contributed by atoms with E-state index in [1.54, 1.807) is 0 Å². The van der Waals surface area contributed by atoms with Gasteiger partial charge in [0.25, 0.3) is 0 Å². The van der Waals surface area contributed by atoms with Crippen LogP contribution in [-0.2, 0) is 16.1 Å². The summed E-state index contributed by atoms with van der Waals surface area (Å²) in [6, 6.07) is 14.5. The number of ether oxygens (including phenoxy) is 2. The molecule has 2 fully saturated rings. The highest BCUT2D eigenvalue weighted by molar-refractivity contribution is 6.31. The van der Waals surface area contributed by atoms with Gasteiger partial charge in [0.15, 0.2) is 0 Å². The fourth-order valence-corrected chi connectivity index (χ4v) is 5.52. The van der Waals surface area contributed by atoms with Crippen LogP contribution in [0.5, 0.6) is 5.75 Å². The molecule has 3 heterocycles. The standard InChI is InChI=1S/C28H34ClN3O3/c1-21-15-24(4-5-25(21)29)35-20-28(17-27(33)32-11-13-34-14-12-32)8-2-10-31(19-28)18-22-3-6-26-23(16-22)7-9-30-26/h3-7,9,15-16,30H,2,8,10-14,17-20H2,1H3/t28-/m1/s1. The van der Waals surface area contributed by atoms with E-state index in [1.165, 1.54) is 10.9 Å². The van der Waals surface area contributed by atoms with Crippen LogP contribution in [0, 0.1) is 12.3 Å². The zero-order chi connectivity index (χ0) is 24.3. The predicted molar refractivity (Wildman–Crippen MR) is 139 cm³/mol. The number of piperidine rings is 1. The molecule has 35 heavy (non-hydrogen) atoms. The number of H-pyrrole nitrogens is 1. The smallest absolute Gasteiger partial charge is 0.223 e. The molecule has 0 saturated carbocycles. The van der Waals surface area contributed by atoms with Crippen LogP contribution >= 0.6 is 11.6 Å². The highest BCUT2D eigenvalue weighted by Crippen LogP contribution is 2.36. The van der Waals surface area contributed by atoms with Gasteiger partial charge in [-0.3, -0.25) is 9.69 Å². The highest BCUT2D eigenvalue weighted by Gasteiger charge is 2.39. The summed E-state index contributed by atoms with van der Waals surface area (Å²) in [6.07, 6.45) is 4.50. The van der Waals surface area contributed by atoms with Gasteiger partial charge in [-0.2, -0.15) is 0 Å². The quantitative estimate of drug-likeness (QED) is 0.499. The Morgan fingerprint density at radius 2 is 2.00 bits per heavy atom. The van der Waals surface area contributed by atoms with Crippen molar-refractivity contribution in [2.75, 3.05) is 46.0 Å². The fourth-order valence-electron chi connectivity index (χ4n) is 5.41. The van der Waals surface area contributed by atoms with E-state index in [2.05, 4.69) is 34.1 Å². The van der Waals surface area contributed by atoms with Crippen molar-refractivity contribution in [3.63, 3.8) is 0 Å². The van der Waals surface area contributed by atoms with Gasteiger partial charge in [-0.05, 0) is 79.2 Å². The van der Waals surface area contributed by atoms with E-state index >= 15 is 0 Å². The third-order valence-corrected chi connectivity index (χ3v) is 7.75. The van der Waals surface area contributed by atoms with Gasteiger partial charge in [-0.15, -0.1) is 0 Å². The van der Waals surface area contributed by atoms with Crippen LogP contribution in [0.1, 0.15) is 30.4 Å². The van der Waals surface area contributed by atoms with Gasteiger partial charge >= 0.3 is 0 Å². The molecule has 1 amide bonds. The first-order valence-electron chi connectivity index (χ1n) is 12.5. The molecule has 0 radical (unpaired) electrons. The molecule has 1 N–H and O–H groups in total. The van der Waals surface area contributed by atoms with Crippen molar-refractivity contribution < 1.29 is 14.3 Å². The lowest BCUT2D eigenvalue weighted by Crippen LogP contribution is -2.50. The van der Waals surface area contributed by atoms with E-state index in [4.69, 9.17) is 21.1 Å². The summed E-state index contributed by atoms with van der Waals surface area (Å²) < 4.78 is 11.8. The maximum atomic E-state index is 13.3. The van der Waals surface area contributed by atoms with Gasteiger partial charge in [-0.1, -0.05) is 17.7 Å². The van der Waals surface area contributed by atoms with Gasteiger partial charge in [0.2, 0.25) is 5.91 Å². The molecule has 186 valence electrons. The molecule has 5 rings (SSSR count). The number of likely N-dealkylation sites (tertiary alicyclic amines) is 1. The number of nitrogens with zero attached hydrogens (tertiary/aromatic N) is 2. The number of benzene rings is 2. The zero-order valence-electron chi connectivity index (χ0n) is 20.4. The van der Waals surface area contributed by atoms with Gasteiger partial charge in [0.1, 0.15) is 5.75 Å². The Morgan fingerprint density at radius 1 is 1.14 bits per heavy atom. The second kappa shape index (κ2) is 10.6. The van der Waals surface area contributed by atoms with Crippen LogP contribution in [0.3, 0.4) is 0 Å². The van der Waals surface area contributed by atoms with Crippen molar-refractivity contribution in [3.8, 4) is 5.75 Å². The molecule has 7 heteroatoms. The molecular weight excluding hydrogens is 462 g/mol. The highest BCUT2D eigenvalue weighted by atomic mass is 35.5. The van der Waals surface area contributed by atoms with E-state index in [0.29, 0.717) is 39.3 Å². The largest absolute Gasteiger partial charge is 0.493 e. The maximum Gasteiger partial charge on any atom is 0.223 e. The Balaban J connectivity index is 1.33. The second-order valence-corrected chi connectivity index (χ2v) is 10.5. The van der Waals surface area contributed by atoms with Crippen LogP contribution in [-0.4, -0.2) is 66.7 Å². The monoisotopic (exact) mass is 495 g/mol. The maximum absolute atomic E-state index is 13.3. The summed E-state index contributed by atoms with van der Waals surface area (Å²) in [6.45, 7) is 7.81. The lowest BCUT2D eigenvalue weighted by atomic mass is 9.77. The summed E-state index contributed by atoms with van der Waals surface area (Å²) in [4.78, 5) is 21.0. The molecule has 2 aliphatic heterocycles. The first-order chi connectivity index (χ1) is 17.0. The van der Waals surface area contributed by atoms with Crippen LogP contribution < -0.4 is 4.74 Å². The summed E-state index contributed by atoms with van der Waals surface area (Å²) in [5.41, 5.74) is 3.21. The number of aryl methyl sites for hydroxylation is 1. The van der Waals surface area contributed by atoms with Crippen molar-refractivity contribution in [2.45, 2.75) is 32.7 Å². The number of aromatic nitrogens is 1. The lowest BCUT2D eigenvalue weighted by Gasteiger charge is -2.43. The number of amides is 1. The Hall–Kier alpha value is -2.54. The minimum absolute atomic E-state index is 0.208. The molecule has 0 unspecified atom stereocenters. The Labute approximate surface area is 212 Å². The normalized spacial score (nSPS) is 21.4. The Morgan fingerprint density at radius 3 is 2.83 bits per heavy atom. The van der Waals surface area contributed by atoms with Crippen molar-refractivity contribution in [1.82, 2.24) is 14.8 Å². The zero-order valence-corrected chi connectivity index (χ0v) is 21.2. The molecule has 1 aromatic heterocycles. The molecule has 0 spiro atoms. The molecule has 0 bridgehead atoms. The van der Waals surface area contributed by atoms with Gasteiger partial charge in [0.05, 0.1) is 19.8 Å². The van der Waals surface area contributed by atoms with Crippen molar-refractivity contribution in [2.24, 2.45) is 5.41 Å². The number of halogens is 1. The van der Waals surface area contributed by atoms with Crippen molar-refractivity contribution >= 4 is 28.4 Å². The van der Waals surface area contributed by atoms with E-state index in [0.717, 1.165) is 54.3 Å². The third kappa shape index (κ3) is 5.83. The fraction of sp³-hybridized carbons (Fsp3) is 0.464. The molecule has 3 aromatic rings. The summed E-state index contributed by atoms with van der Waals surface area (Å²) in [5.74, 6) is 1.01. The summed E-state index contributed by atoms with van der Waals surface area (Å²) in [7, 11) is 0. The first-order valence-corrected chi connectivity index (χ1v) is 12.9. The number of hydrogen-bond acceptors (Lipinski definition) is 4. The number of morpholine rings is 1. The van der Waals surface area contributed by atoms with E-state index in [9.17, 15) is 4.79 Å². The number of carbonyl (C=O) groups is 1. The molecule has 2 aromatic carbocycles. The van der Waals surface area contributed by atoms with Crippen LogP contribution in [0.4, 0.5) is 0 Å². The number of rotatable bonds is 7. The number of nitrogens with one attached hydrogen (secondary N) is 1. The van der Waals surface area contributed by atoms with Crippen LogP contribution in [0.2, 0.25) is 5.02 Å². The number of hydrogen-bond donors (Lipinski definition) is 1.